The van der Waals surface area contributed by atoms with E-state index in [0.29, 0.717) is 18.2 Å². The van der Waals surface area contributed by atoms with Gasteiger partial charge in [-0.25, -0.2) is 4.98 Å². The van der Waals surface area contributed by atoms with Gasteiger partial charge in [0.05, 0.1) is 5.92 Å². The number of hydrogen-bond acceptors (Lipinski definition) is 4. The van der Waals surface area contributed by atoms with E-state index >= 15 is 0 Å². The maximum atomic E-state index is 12.8. The van der Waals surface area contributed by atoms with E-state index in [1.165, 1.54) is 12.8 Å². The number of carbonyl (C=O) groups excluding carboxylic acids is 1. The van der Waals surface area contributed by atoms with E-state index < -0.39 is 0 Å². The molecular formula is C19H20N4O2. The van der Waals surface area contributed by atoms with Crippen LogP contribution in [0.3, 0.4) is 0 Å². The van der Waals surface area contributed by atoms with Gasteiger partial charge in [0, 0.05) is 24.7 Å². The van der Waals surface area contributed by atoms with E-state index in [1.807, 2.05) is 35.2 Å². The lowest BCUT2D eigenvalue weighted by Gasteiger charge is -2.30. The van der Waals surface area contributed by atoms with Crippen LogP contribution < -0.4 is 0 Å². The van der Waals surface area contributed by atoms with Crippen LogP contribution in [-0.2, 0) is 0 Å². The highest BCUT2D eigenvalue weighted by molar-refractivity contribution is 5.92. The number of H-pyrrole nitrogens is 1. The lowest BCUT2D eigenvalue weighted by atomic mass is 9.97. The zero-order valence-electron chi connectivity index (χ0n) is 13.9. The molecule has 0 spiro atoms. The third-order valence-corrected chi connectivity index (χ3v) is 5.20. The minimum atomic E-state index is 0.00367. The first-order chi connectivity index (χ1) is 12.3. The predicted octanol–water partition coefficient (Wildman–Crippen LogP) is 3.45. The van der Waals surface area contributed by atoms with Gasteiger partial charge < -0.3 is 9.32 Å². The Balaban J connectivity index is 1.35. The maximum absolute atomic E-state index is 12.8. The Labute approximate surface area is 145 Å². The molecule has 1 saturated heterocycles. The number of aromatic nitrogens is 3. The first-order valence-corrected chi connectivity index (χ1v) is 8.98. The fourth-order valence-electron chi connectivity index (χ4n) is 3.64. The molecule has 3 aromatic rings. The third kappa shape index (κ3) is 2.71. The summed E-state index contributed by atoms with van der Waals surface area (Å²) in [5, 5.41) is 7.25. The summed E-state index contributed by atoms with van der Waals surface area (Å²) in [5.74, 6) is 1.46. The summed E-state index contributed by atoms with van der Waals surface area (Å²) < 4.78 is 5.91. The van der Waals surface area contributed by atoms with Crippen molar-refractivity contribution in [1.82, 2.24) is 20.1 Å². The number of benzene rings is 1. The number of hydrogen-bond donors (Lipinski definition) is 1. The average molecular weight is 336 g/mol. The Morgan fingerprint density at radius 2 is 2.08 bits per heavy atom. The van der Waals surface area contributed by atoms with Gasteiger partial charge in [-0.05, 0) is 43.9 Å². The van der Waals surface area contributed by atoms with Crippen LogP contribution in [-0.4, -0.2) is 39.1 Å². The molecule has 2 fully saturated rings. The molecule has 25 heavy (non-hydrogen) atoms. The van der Waals surface area contributed by atoms with E-state index in [9.17, 15) is 4.79 Å². The first-order valence-electron chi connectivity index (χ1n) is 8.98. The first kappa shape index (κ1) is 14.7. The zero-order chi connectivity index (χ0) is 16.8. The number of likely N-dealkylation sites (tertiary alicyclic amines) is 1. The molecule has 1 aliphatic heterocycles. The van der Waals surface area contributed by atoms with Crippen molar-refractivity contribution in [2.75, 3.05) is 13.1 Å². The highest BCUT2D eigenvalue weighted by Gasteiger charge is 2.31. The number of piperidine rings is 1. The van der Waals surface area contributed by atoms with E-state index in [1.54, 1.807) is 0 Å². The van der Waals surface area contributed by atoms with E-state index in [-0.39, 0.29) is 11.8 Å². The summed E-state index contributed by atoms with van der Waals surface area (Å²) in [7, 11) is 0. The SMILES string of the molecule is O=C(c1cc(C2CC2)[nH]n1)N1CCC[C@H](c2nc3ccccc3o2)C1. The van der Waals surface area contributed by atoms with Crippen molar-refractivity contribution >= 4 is 17.0 Å². The fraction of sp³-hybridized carbons (Fsp3) is 0.421. The second-order valence-corrected chi connectivity index (χ2v) is 7.09. The van der Waals surface area contributed by atoms with Gasteiger partial charge in [0.1, 0.15) is 11.2 Å². The summed E-state index contributed by atoms with van der Waals surface area (Å²) in [6.45, 7) is 1.40. The minimum absolute atomic E-state index is 0.00367. The molecule has 0 unspecified atom stereocenters. The molecule has 2 aromatic heterocycles. The maximum Gasteiger partial charge on any atom is 0.274 e. The third-order valence-electron chi connectivity index (χ3n) is 5.20. The Bertz CT molecular complexity index is 891. The average Bonchev–Trinajstić information content (AvgIpc) is 3.22. The molecule has 6 nitrogen and oxygen atoms in total. The molecule has 0 radical (unpaired) electrons. The summed E-state index contributed by atoms with van der Waals surface area (Å²) in [5.41, 5.74) is 3.31. The second kappa shape index (κ2) is 5.72. The second-order valence-electron chi connectivity index (χ2n) is 7.09. The molecule has 1 aliphatic carbocycles. The molecule has 0 bridgehead atoms. The van der Waals surface area contributed by atoms with Crippen molar-refractivity contribution in [3.63, 3.8) is 0 Å². The molecule has 3 heterocycles. The molecule has 1 N–H and O–H groups in total. The van der Waals surface area contributed by atoms with Crippen LogP contribution in [0.1, 0.15) is 59.6 Å². The van der Waals surface area contributed by atoms with Crippen molar-refractivity contribution in [1.29, 1.82) is 0 Å². The van der Waals surface area contributed by atoms with Crippen LogP contribution in [0.5, 0.6) is 0 Å². The van der Waals surface area contributed by atoms with Gasteiger partial charge in [0.2, 0.25) is 0 Å². The summed E-state index contributed by atoms with van der Waals surface area (Å²) in [6, 6.07) is 9.71. The molecule has 2 aliphatic rings. The number of oxazole rings is 1. The Morgan fingerprint density at radius 3 is 2.92 bits per heavy atom. The summed E-state index contributed by atoms with van der Waals surface area (Å²) in [6.07, 6.45) is 4.33. The summed E-state index contributed by atoms with van der Waals surface area (Å²) in [4.78, 5) is 19.3. The lowest BCUT2D eigenvalue weighted by Crippen LogP contribution is -2.39. The van der Waals surface area contributed by atoms with Crippen LogP contribution in [0.4, 0.5) is 0 Å². The standard InChI is InChI=1S/C19H20N4O2/c24-19(16-10-15(21-22-16)12-7-8-12)23-9-3-4-13(11-23)18-20-14-5-1-2-6-17(14)25-18/h1-2,5-6,10,12-13H,3-4,7-9,11H2,(H,21,22)/t13-/m0/s1. The van der Waals surface area contributed by atoms with Gasteiger partial charge in [-0.15, -0.1) is 0 Å². The monoisotopic (exact) mass is 336 g/mol. The van der Waals surface area contributed by atoms with Gasteiger partial charge >= 0.3 is 0 Å². The molecule has 1 saturated carbocycles. The number of carbonyl (C=O) groups is 1. The van der Waals surface area contributed by atoms with Crippen LogP contribution in [0, 0.1) is 0 Å². The van der Waals surface area contributed by atoms with Crippen molar-refractivity contribution in [3.8, 4) is 0 Å². The van der Waals surface area contributed by atoms with Crippen LogP contribution in [0.15, 0.2) is 34.7 Å². The smallest absolute Gasteiger partial charge is 0.274 e. The molecule has 1 amide bonds. The van der Waals surface area contributed by atoms with Crippen molar-refractivity contribution in [2.45, 2.75) is 37.5 Å². The number of amides is 1. The van der Waals surface area contributed by atoms with Crippen LogP contribution in [0.25, 0.3) is 11.1 Å². The van der Waals surface area contributed by atoms with Crippen molar-refractivity contribution in [2.24, 2.45) is 0 Å². The highest BCUT2D eigenvalue weighted by atomic mass is 16.3. The number of nitrogens with zero attached hydrogens (tertiary/aromatic N) is 3. The molecule has 5 rings (SSSR count). The van der Waals surface area contributed by atoms with Crippen molar-refractivity contribution in [3.05, 3.63) is 47.6 Å². The minimum Gasteiger partial charge on any atom is -0.440 e. The van der Waals surface area contributed by atoms with E-state index in [4.69, 9.17) is 4.42 Å². The zero-order valence-corrected chi connectivity index (χ0v) is 13.9. The van der Waals surface area contributed by atoms with Crippen LogP contribution in [0.2, 0.25) is 0 Å². The fourth-order valence-corrected chi connectivity index (χ4v) is 3.64. The van der Waals surface area contributed by atoms with Gasteiger partial charge in [-0.1, -0.05) is 12.1 Å². The van der Waals surface area contributed by atoms with E-state index in [2.05, 4.69) is 15.2 Å². The number of fused-ring (bicyclic) bond motifs is 1. The number of nitrogens with one attached hydrogen (secondary N) is 1. The highest BCUT2D eigenvalue weighted by Crippen LogP contribution is 2.39. The molecule has 6 heteroatoms. The molecule has 1 atom stereocenters. The largest absolute Gasteiger partial charge is 0.440 e. The lowest BCUT2D eigenvalue weighted by molar-refractivity contribution is 0.0693. The normalized spacial score (nSPS) is 21.0. The number of para-hydroxylation sites is 2. The van der Waals surface area contributed by atoms with Crippen LogP contribution >= 0.6 is 0 Å². The Kier molecular flexibility index (Phi) is 3.36. The summed E-state index contributed by atoms with van der Waals surface area (Å²) >= 11 is 0. The van der Waals surface area contributed by atoms with E-state index in [0.717, 1.165) is 42.1 Å². The number of rotatable bonds is 3. The van der Waals surface area contributed by atoms with Gasteiger partial charge in [-0.3, -0.25) is 9.89 Å². The van der Waals surface area contributed by atoms with Crippen molar-refractivity contribution < 1.29 is 9.21 Å². The van der Waals surface area contributed by atoms with Gasteiger partial charge in [-0.2, -0.15) is 5.10 Å². The molecular weight excluding hydrogens is 316 g/mol. The topological polar surface area (TPSA) is 75.0 Å². The number of aromatic amines is 1. The molecule has 1 aromatic carbocycles. The predicted molar refractivity (Wildman–Crippen MR) is 92.5 cm³/mol. The van der Waals surface area contributed by atoms with Gasteiger partial charge in [0.15, 0.2) is 11.5 Å². The Hall–Kier alpha value is -2.63. The van der Waals surface area contributed by atoms with Gasteiger partial charge in [0.25, 0.3) is 5.91 Å². The quantitative estimate of drug-likeness (QED) is 0.795. The Morgan fingerprint density at radius 1 is 1.20 bits per heavy atom. The molecule has 128 valence electrons.